The SMILES string of the molecule is CCOC(=O)CC#Cc1ccc(CC(=O)O)cc1F. The van der Waals surface area contributed by atoms with Crippen molar-refractivity contribution in [3.05, 3.63) is 35.1 Å². The molecule has 4 nitrogen and oxygen atoms in total. The summed E-state index contributed by atoms with van der Waals surface area (Å²) in [6, 6.07) is 4.01. The van der Waals surface area contributed by atoms with Crippen molar-refractivity contribution < 1.29 is 23.8 Å². The van der Waals surface area contributed by atoms with Crippen molar-refractivity contribution in [2.45, 2.75) is 19.8 Å². The van der Waals surface area contributed by atoms with Crippen molar-refractivity contribution in [3.8, 4) is 11.8 Å². The highest BCUT2D eigenvalue weighted by Gasteiger charge is 2.05. The van der Waals surface area contributed by atoms with E-state index in [9.17, 15) is 14.0 Å². The van der Waals surface area contributed by atoms with Crippen molar-refractivity contribution in [1.29, 1.82) is 0 Å². The molecular formula is C14H13FO4. The minimum atomic E-state index is -1.03. The Bertz CT molecular complexity index is 540. The lowest BCUT2D eigenvalue weighted by Crippen LogP contribution is -2.02. The van der Waals surface area contributed by atoms with Crippen LogP contribution in [-0.4, -0.2) is 23.7 Å². The number of aliphatic carboxylic acids is 1. The van der Waals surface area contributed by atoms with E-state index in [1.54, 1.807) is 6.92 Å². The summed E-state index contributed by atoms with van der Waals surface area (Å²) >= 11 is 0. The van der Waals surface area contributed by atoms with Gasteiger partial charge in [-0.25, -0.2) is 4.39 Å². The van der Waals surface area contributed by atoms with E-state index in [1.807, 2.05) is 0 Å². The molecule has 0 bridgehead atoms. The van der Waals surface area contributed by atoms with Gasteiger partial charge in [-0.1, -0.05) is 17.9 Å². The van der Waals surface area contributed by atoms with Crippen molar-refractivity contribution in [3.63, 3.8) is 0 Å². The maximum Gasteiger partial charge on any atom is 0.317 e. The minimum absolute atomic E-state index is 0.107. The number of carbonyl (C=O) groups excluding carboxylic acids is 1. The molecule has 0 fully saturated rings. The maximum absolute atomic E-state index is 13.6. The van der Waals surface area contributed by atoms with E-state index in [0.29, 0.717) is 5.56 Å². The third-order valence-electron chi connectivity index (χ3n) is 2.15. The van der Waals surface area contributed by atoms with Gasteiger partial charge in [0.15, 0.2) is 0 Å². The van der Waals surface area contributed by atoms with Gasteiger partial charge in [0, 0.05) is 0 Å². The lowest BCUT2D eigenvalue weighted by atomic mass is 10.1. The van der Waals surface area contributed by atoms with Gasteiger partial charge in [0.05, 0.1) is 18.6 Å². The molecule has 0 saturated carbocycles. The Kier molecular flexibility index (Phi) is 5.55. The van der Waals surface area contributed by atoms with Crippen LogP contribution in [-0.2, 0) is 20.7 Å². The number of esters is 1. The molecule has 0 aliphatic heterocycles. The van der Waals surface area contributed by atoms with Crippen LogP contribution in [0, 0.1) is 17.7 Å². The molecule has 1 aromatic rings. The first kappa shape index (κ1) is 14.7. The molecule has 1 aromatic carbocycles. The van der Waals surface area contributed by atoms with E-state index in [2.05, 4.69) is 16.6 Å². The number of halogens is 1. The van der Waals surface area contributed by atoms with Crippen molar-refractivity contribution in [2.75, 3.05) is 6.61 Å². The van der Waals surface area contributed by atoms with Crippen LogP contribution in [0.1, 0.15) is 24.5 Å². The lowest BCUT2D eigenvalue weighted by molar-refractivity contribution is -0.142. The predicted molar refractivity (Wildman–Crippen MR) is 65.9 cm³/mol. The van der Waals surface area contributed by atoms with Crippen LogP contribution >= 0.6 is 0 Å². The van der Waals surface area contributed by atoms with Crippen LogP contribution in [0.2, 0.25) is 0 Å². The van der Waals surface area contributed by atoms with E-state index in [4.69, 9.17) is 5.11 Å². The van der Waals surface area contributed by atoms with Gasteiger partial charge in [-0.15, -0.1) is 0 Å². The molecular weight excluding hydrogens is 251 g/mol. The fraction of sp³-hybridized carbons (Fsp3) is 0.286. The molecule has 1 rings (SSSR count). The van der Waals surface area contributed by atoms with Gasteiger partial charge in [0.25, 0.3) is 0 Å². The van der Waals surface area contributed by atoms with Crippen molar-refractivity contribution in [2.24, 2.45) is 0 Å². The Balaban J connectivity index is 2.72. The summed E-state index contributed by atoms with van der Waals surface area (Å²) in [5, 5.41) is 8.58. The van der Waals surface area contributed by atoms with E-state index in [1.165, 1.54) is 12.1 Å². The van der Waals surface area contributed by atoms with Crippen molar-refractivity contribution in [1.82, 2.24) is 0 Å². The minimum Gasteiger partial charge on any atom is -0.481 e. The molecule has 0 aliphatic rings. The van der Waals surface area contributed by atoms with Crippen LogP contribution in [0.5, 0.6) is 0 Å². The quantitative estimate of drug-likeness (QED) is 0.664. The van der Waals surface area contributed by atoms with E-state index in [-0.39, 0.29) is 25.0 Å². The molecule has 0 spiro atoms. The van der Waals surface area contributed by atoms with Crippen molar-refractivity contribution >= 4 is 11.9 Å². The van der Waals surface area contributed by atoms with Gasteiger partial charge in [0.1, 0.15) is 12.2 Å². The molecule has 0 aromatic heterocycles. The first-order valence-electron chi connectivity index (χ1n) is 5.67. The largest absolute Gasteiger partial charge is 0.481 e. The smallest absolute Gasteiger partial charge is 0.317 e. The van der Waals surface area contributed by atoms with E-state index >= 15 is 0 Å². The number of carboxylic acid groups (broad SMARTS) is 1. The highest BCUT2D eigenvalue weighted by Crippen LogP contribution is 2.10. The lowest BCUT2D eigenvalue weighted by Gasteiger charge is -1.99. The third-order valence-corrected chi connectivity index (χ3v) is 2.15. The Hall–Kier alpha value is -2.35. The average Bonchev–Trinajstić information content (AvgIpc) is 2.31. The summed E-state index contributed by atoms with van der Waals surface area (Å²) < 4.78 is 18.2. The zero-order valence-electron chi connectivity index (χ0n) is 10.4. The molecule has 0 atom stereocenters. The predicted octanol–water partition coefficient (Wildman–Crippen LogP) is 1.76. The monoisotopic (exact) mass is 264 g/mol. The Labute approximate surface area is 110 Å². The number of rotatable bonds is 4. The molecule has 0 heterocycles. The standard InChI is InChI=1S/C14H13FO4/c1-2-19-14(18)5-3-4-11-7-6-10(8-12(11)15)9-13(16)17/h6-8H,2,5,9H2,1H3,(H,16,17). The van der Waals surface area contributed by atoms with Crippen LogP contribution < -0.4 is 0 Å². The fourth-order valence-corrected chi connectivity index (χ4v) is 1.37. The summed E-state index contributed by atoms with van der Waals surface area (Å²) in [7, 11) is 0. The third kappa shape index (κ3) is 5.21. The first-order chi connectivity index (χ1) is 9.02. The van der Waals surface area contributed by atoms with E-state index < -0.39 is 17.8 Å². The summed E-state index contributed by atoms with van der Waals surface area (Å²) in [6.45, 7) is 1.96. The molecule has 0 unspecified atom stereocenters. The second-order valence-electron chi connectivity index (χ2n) is 3.67. The van der Waals surface area contributed by atoms with Gasteiger partial charge in [-0.05, 0) is 24.6 Å². The normalized spacial score (nSPS) is 9.37. The second kappa shape index (κ2) is 7.17. The topological polar surface area (TPSA) is 63.6 Å². The molecule has 100 valence electrons. The highest BCUT2D eigenvalue weighted by atomic mass is 19.1. The Morgan fingerprint density at radius 3 is 2.74 bits per heavy atom. The number of hydrogen-bond donors (Lipinski definition) is 1. The molecule has 0 aliphatic carbocycles. The van der Waals surface area contributed by atoms with Crippen LogP contribution in [0.15, 0.2) is 18.2 Å². The van der Waals surface area contributed by atoms with Gasteiger partial charge >= 0.3 is 11.9 Å². The van der Waals surface area contributed by atoms with Crippen LogP contribution in [0.4, 0.5) is 4.39 Å². The average molecular weight is 264 g/mol. The summed E-state index contributed by atoms with van der Waals surface area (Å²) in [5.41, 5.74) is 0.486. The zero-order chi connectivity index (χ0) is 14.3. The number of hydrogen-bond acceptors (Lipinski definition) is 3. The zero-order valence-corrected chi connectivity index (χ0v) is 10.4. The molecule has 0 radical (unpaired) electrons. The molecule has 5 heteroatoms. The van der Waals surface area contributed by atoms with Gasteiger partial charge in [-0.3, -0.25) is 9.59 Å². The van der Waals surface area contributed by atoms with E-state index in [0.717, 1.165) is 6.07 Å². The van der Waals surface area contributed by atoms with Gasteiger partial charge in [-0.2, -0.15) is 0 Å². The highest BCUT2D eigenvalue weighted by molar-refractivity contribution is 5.72. The fourth-order valence-electron chi connectivity index (χ4n) is 1.37. The summed E-state index contributed by atoms with van der Waals surface area (Å²) in [4.78, 5) is 21.5. The summed E-state index contributed by atoms with van der Waals surface area (Å²) in [6.07, 6.45) is -0.350. The van der Waals surface area contributed by atoms with Gasteiger partial charge in [0.2, 0.25) is 0 Å². The maximum atomic E-state index is 13.6. The second-order valence-corrected chi connectivity index (χ2v) is 3.67. The number of carboxylic acids is 1. The summed E-state index contributed by atoms with van der Waals surface area (Å²) in [5.74, 6) is 2.93. The first-order valence-corrected chi connectivity index (χ1v) is 5.67. The molecule has 0 amide bonds. The van der Waals surface area contributed by atoms with Gasteiger partial charge < -0.3 is 9.84 Å². The number of carbonyl (C=O) groups is 2. The molecule has 1 N–H and O–H groups in total. The molecule has 0 saturated heterocycles. The number of benzene rings is 1. The van der Waals surface area contributed by atoms with Crippen LogP contribution in [0.3, 0.4) is 0 Å². The van der Waals surface area contributed by atoms with Crippen LogP contribution in [0.25, 0.3) is 0 Å². The Morgan fingerprint density at radius 1 is 1.42 bits per heavy atom. The Morgan fingerprint density at radius 2 is 2.16 bits per heavy atom. The number of ether oxygens (including phenoxy) is 1. The molecule has 19 heavy (non-hydrogen) atoms.